The minimum atomic E-state index is 0.572. The minimum Gasteiger partial charge on any atom is -0.461 e. The van der Waals surface area contributed by atoms with E-state index in [2.05, 4.69) is 6.07 Å². The maximum absolute atomic E-state index is 5.83. The molecule has 0 aromatic carbocycles. The van der Waals surface area contributed by atoms with Crippen molar-refractivity contribution in [1.82, 2.24) is 0 Å². The fourth-order valence-electron chi connectivity index (χ4n) is 2.32. The number of hydrogen-bond acceptors (Lipinski definition) is 3. The first-order chi connectivity index (χ1) is 7.86. The van der Waals surface area contributed by atoms with Crippen LogP contribution in [-0.2, 0) is 12.8 Å². The quantitative estimate of drug-likeness (QED) is 0.841. The molecule has 0 aliphatic heterocycles. The van der Waals surface area contributed by atoms with Gasteiger partial charge in [-0.2, -0.15) is 0 Å². The largest absolute Gasteiger partial charge is 0.461 e. The molecule has 2 N–H and O–H groups in total. The van der Waals surface area contributed by atoms with Crippen molar-refractivity contribution in [2.45, 2.75) is 19.3 Å². The molecule has 16 heavy (non-hydrogen) atoms. The minimum absolute atomic E-state index is 0.572. The highest BCUT2D eigenvalue weighted by Gasteiger charge is 2.22. The first-order valence-corrected chi connectivity index (χ1v) is 5.72. The summed E-state index contributed by atoms with van der Waals surface area (Å²) in [6.45, 7) is 0.746. The summed E-state index contributed by atoms with van der Waals surface area (Å²) in [5.41, 5.74) is 7.02. The number of aryl methyl sites for hydroxylation is 1. The van der Waals surface area contributed by atoms with Gasteiger partial charge in [0.05, 0.1) is 6.26 Å². The zero-order valence-corrected chi connectivity index (χ0v) is 9.11. The first-order valence-electron chi connectivity index (χ1n) is 5.72. The molecule has 2 heterocycles. The molecular formula is C13H15NO2. The molecule has 0 saturated carbocycles. The van der Waals surface area contributed by atoms with E-state index in [0.717, 1.165) is 36.7 Å². The van der Waals surface area contributed by atoms with Gasteiger partial charge >= 0.3 is 0 Å². The van der Waals surface area contributed by atoms with Crippen molar-refractivity contribution in [1.29, 1.82) is 0 Å². The van der Waals surface area contributed by atoms with E-state index in [1.165, 1.54) is 12.0 Å². The first kappa shape index (κ1) is 9.73. The molecule has 0 amide bonds. The van der Waals surface area contributed by atoms with E-state index in [9.17, 15) is 0 Å². The summed E-state index contributed by atoms with van der Waals surface area (Å²) in [5.74, 6) is 3.31. The fraction of sp³-hybridized carbons (Fsp3) is 0.385. The molecule has 1 atom stereocenters. The highest BCUT2D eigenvalue weighted by molar-refractivity contribution is 5.52. The maximum Gasteiger partial charge on any atom is 0.169 e. The van der Waals surface area contributed by atoms with Gasteiger partial charge in [0, 0.05) is 6.42 Å². The maximum atomic E-state index is 5.83. The number of nitrogens with two attached hydrogens (primary N) is 1. The van der Waals surface area contributed by atoms with Gasteiger partial charge in [-0.25, -0.2) is 0 Å². The van der Waals surface area contributed by atoms with Gasteiger partial charge in [-0.15, -0.1) is 0 Å². The molecule has 1 aliphatic carbocycles. The van der Waals surface area contributed by atoms with Gasteiger partial charge in [0.25, 0.3) is 0 Å². The SMILES string of the molecule is NCC1CCc2cc(-c3ccco3)oc2C1. The van der Waals surface area contributed by atoms with Crippen LogP contribution in [0.25, 0.3) is 11.5 Å². The third kappa shape index (κ3) is 1.57. The van der Waals surface area contributed by atoms with Gasteiger partial charge in [-0.1, -0.05) is 0 Å². The second-order valence-electron chi connectivity index (χ2n) is 4.38. The van der Waals surface area contributed by atoms with Crippen LogP contribution in [0.2, 0.25) is 0 Å². The van der Waals surface area contributed by atoms with Crippen molar-refractivity contribution in [2.75, 3.05) is 6.54 Å². The number of rotatable bonds is 2. The van der Waals surface area contributed by atoms with Gasteiger partial charge in [0.15, 0.2) is 11.5 Å². The van der Waals surface area contributed by atoms with Crippen LogP contribution in [0.5, 0.6) is 0 Å². The molecule has 0 bridgehead atoms. The summed E-state index contributed by atoms with van der Waals surface area (Å²) >= 11 is 0. The smallest absolute Gasteiger partial charge is 0.169 e. The van der Waals surface area contributed by atoms with Crippen LogP contribution >= 0.6 is 0 Å². The van der Waals surface area contributed by atoms with Gasteiger partial charge in [-0.3, -0.25) is 0 Å². The molecule has 2 aromatic heterocycles. The van der Waals surface area contributed by atoms with E-state index in [4.69, 9.17) is 14.6 Å². The van der Waals surface area contributed by atoms with Crippen molar-refractivity contribution >= 4 is 0 Å². The van der Waals surface area contributed by atoms with E-state index < -0.39 is 0 Å². The van der Waals surface area contributed by atoms with Crippen molar-refractivity contribution in [2.24, 2.45) is 11.7 Å². The van der Waals surface area contributed by atoms with E-state index in [1.807, 2.05) is 12.1 Å². The Bertz CT molecular complexity index is 470. The lowest BCUT2D eigenvalue weighted by Crippen LogP contribution is -2.21. The molecule has 3 nitrogen and oxygen atoms in total. The Morgan fingerprint density at radius 2 is 2.31 bits per heavy atom. The molecule has 3 heteroatoms. The second-order valence-corrected chi connectivity index (χ2v) is 4.38. The Balaban J connectivity index is 1.92. The second kappa shape index (κ2) is 3.83. The lowest BCUT2D eigenvalue weighted by Gasteiger charge is -2.18. The number of furan rings is 2. The lowest BCUT2D eigenvalue weighted by atomic mass is 9.88. The average molecular weight is 217 g/mol. The molecule has 1 aliphatic rings. The van der Waals surface area contributed by atoms with Crippen molar-refractivity contribution in [3.8, 4) is 11.5 Å². The Labute approximate surface area is 94.2 Å². The number of hydrogen-bond donors (Lipinski definition) is 1. The molecule has 0 spiro atoms. The summed E-state index contributed by atoms with van der Waals surface area (Å²) in [5, 5.41) is 0. The molecule has 2 aromatic rings. The lowest BCUT2D eigenvalue weighted by molar-refractivity contribution is 0.397. The normalized spacial score (nSPS) is 19.7. The van der Waals surface area contributed by atoms with Crippen LogP contribution in [0, 0.1) is 5.92 Å². The van der Waals surface area contributed by atoms with Crippen LogP contribution < -0.4 is 5.73 Å². The topological polar surface area (TPSA) is 52.3 Å². The van der Waals surface area contributed by atoms with E-state index >= 15 is 0 Å². The van der Waals surface area contributed by atoms with Gasteiger partial charge < -0.3 is 14.6 Å². The summed E-state index contributed by atoms with van der Waals surface area (Å²) in [6.07, 6.45) is 4.87. The van der Waals surface area contributed by atoms with E-state index in [-0.39, 0.29) is 0 Å². The Morgan fingerprint density at radius 1 is 1.38 bits per heavy atom. The predicted molar refractivity (Wildman–Crippen MR) is 61.0 cm³/mol. The zero-order chi connectivity index (χ0) is 11.0. The van der Waals surface area contributed by atoms with E-state index in [0.29, 0.717) is 5.92 Å². The molecule has 0 radical (unpaired) electrons. The number of fused-ring (bicyclic) bond motifs is 1. The predicted octanol–water partition coefficient (Wildman–Crippen LogP) is 2.60. The Kier molecular flexibility index (Phi) is 2.33. The standard InChI is InChI=1S/C13H15NO2/c14-8-9-3-4-10-7-13(16-12(10)6-9)11-2-1-5-15-11/h1-2,5,7,9H,3-4,6,8,14H2. The van der Waals surface area contributed by atoms with Gasteiger partial charge in [-0.05, 0) is 49.1 Å². The van der Waals surface area contributed by atoms with Crippen molar-refractivity contribution in [3.05, 3.63) is 35.8 Å². The summed E-state index contributed by atoms with van der Waals surface area (Å²) in [4.78, 5) is 0. The molecule has 0 fully saturated rings. The van der Waals surface area contributed by atoms with Crippen LogP contribution in [0.3, 0.4) is 0 Å². The molecule has 84 valence electrons. The van der Waals surface area contributed by atoms with Crippen LogP contribution in [0.15, 0.2) is 33.3 Å². The third-order valence-corrected chi connectivity index (χ3v) is 3.29. The van der Waals surface area contributed by atoms with Crippen molar-refractivity contribution < 1.29 is 8.83 Å². The van der Waals surface area contributed by atoms with E-state index in [1.54, 1.807) is 6.26 Å². The molecule has 0 saturated heterocycles. The van der Waals surface area contributed by atoms with Crippen LogP contribution in [0.4, 0.5) is 0 Å². The van der Waals surface area contributed by atoms with Crippen LogP contribution in [0.1, 0.15) is 17.7 Å². The van der Waals surface area contributed by atoms with Gasteiger partial charge in [0.1, 0.15) is 5.76 Å². The monoisotopic (exact) mass is 217 g/mol. The third-order valence-electron chi connectivity index (χ3n) is 3.29. The Hall–Kier alpha value is -1.48. The summed E-state index contributed by atoms with van der Waals surface area (Å²) < 4.78 is 11.2. The Morgan fingerprint density at radius 3 is 3.06 bits per heavy atom. The summed E-state index contributed by atoms with van der Waals surface area (Å²) in [7, 11) is 0. The molecule has 1 unspecified atom stereocenters. The molecule has 3 rings (SSSR count). The molecular weight excluding hydrogens is 202 g/mol. The van der Waals surface area contributed by atoms with Crippen molar-refractivity contribution in [3.63, 3.8) is 0 Å². The van der Waals surface area contributed by atoms with Crippen LogP contribution in [-0.4, -0.2) is 6.54 Å². The average Bonchev–Trinajstić information content (AvgIpc) is 2.96. The van der Waals surface area contributed by atoms with Gasteiger partial charge in [0.2, 0.25) is 0 Å². The zero-order valence-electron chi connectivity index (χ0n) is 9.11. The highest BCUT2D eigenvalue weighted by Crippen LogP contribution is 2.32. The summed E-state index contributed by atoms with van der Waals surface area (Å²) in [6, 6.07) is 5.89. The fourth-order valence-corrected chi connectivity index (χ4v) is 2.32. The highest BCUT2D eigenvalue weighted by atomic mass is 16.4.